The molecule has 0 radical (unpaired) electrons. The molecule has 1 aliphatic carbocycles. The number of halogens is 2. The highest BCUT2D eigenvalue weighted by atomic mass is 35.5. The van der Waals surface area contributed by atoms with Crippen LogP contribution >= 0.6 is 11.6 Å². The maximum Gasteiger partial charge on any atom is 0.272 e. The summed E-state index contributed by atoms with van der Waals surface area (Å²) in [5, 5.41) is 23.4. The molecule has 1 unspecified atom stereocenters. The summed E-state index contributed by atoms with van der Waals surface area (Å²) < 4.78 is 21.5. The highest BCUT2D eigenvalue weighted by Gasteiger charge is 2.50. The maximum atomic E-state index is 15.5. The minimum atomic E-state index is -1.10. The van der Waals surface area contributed by atoms with Gasteiger partial charge in [-0.2, -0.15) is 5.26 Å². The molecule has 6 heterocycles. The predicted molar refractivity (Wildman–Crippen MR) is 216 cm³/mol. The third-order valence-electron chi connectivity index (χ3n) is 13.1. The van der Waals surface area contributed by atoms with Crippen molar-refractivity contribution in [2.75, 3.05) is 55.6 Å². The zero-order valence-electron chi connectivity index (χ0n) is 33.0. The van der Waals surface area contributed by atoms with Crippen LogP contribution in [0.25, 0.3) is 0 Å². The topological polar surface area (TPSA) is 181 Å². The van der Waals surface area contributed by atoms with Gasteiger partial charge in [0.2, 0.25) is 11.8 Å². The lowest BCUT2D eigenvalue weighted by Crippen LogP contribution is -2.58. The number of nitrogens with one attached hydrogen (secondary N) is 2. The van der Waals surface area contributed by atoms with Gasteiger partial charge in [0.05, 0.1) is 33.5 Å². The molecule has 1 aromatic heterocycles. The first-order chi connectivity index (χ1) is 29.0. The van der Waals surface area contributed by atoms with Gasteiger partial charge in [-0.1, -0.05) is 11.6 Å². The van der Waals surface area contributed by atoms with Crippen LogP contribution < -0.4 is 25.2 Å². The number of nitrogens with zero attached hydrogens (tertiary/aromatic N) is 7. The average Bonchev–Trinajstić information content (AvgIpc) is 3.76. The van der Waals surface area contributed by atoms with E-state index >= 15 is 4.39 Å². The van der Waals surface area contributed by atoms with E-state index in [0.717, 1.165) is 94.5 Å². The molecule has 6 aliphatic rings. The third kappa shape index (κ3) is 7.76. The second-order valence-electron chi connectivity index (χ2n) is 17.2. The van der Waals surface area contributed by atoms with Crippen LogP contribution in [0.4, 0.5) is 15.9 Å². The molecule has 2 N–H and O–H groups in total. The predicted octanol–water partition coefficient (Wildman–Crippen LogP) is 4.09. The zero-order valence-corrected chi connectivity index (χ0v) is 33.8. The Labute approximate surface area is 351 Å². The van der Waals surface area contributed by atoms with E-state index in [4.69, 9.17) is 21.6 Å². The summed E-state index contributed by atoms with van der Waals surface area (Å²) in [6.07, 6.45) is 6.19. The number of anilines is 2. The summed E-state index contributed by atoms with van der Waals surface area (Å²) >= 11 is 6.15. The van der Waals surface area contributed by atoms with Crippen molar-refractivity contribution in [1.29, 1.82) is 5.26 Å². The molecule has 5 aliphatic heterocycles. The standard InChI is InChI=1S/C43H45ClFN9O6/c44-32-17-29(4-1-26(32)20-46)60-28-5-2-27(3-6-28)47-39(56)34-7-9-37(50-49-34)52-14-11-25(12-15-52)21-51-16-13-43(22-51)23-53(24-43)36-19-31-30(18-33(36)45)41(58)54(42(31)59)35-8-10-38(55)48-40(35)57/h1,4,7,9,17-19,25,27-28,35H,2-3,5-6,8,10-16,21-24H2,(H,47,56)(H,48,55,57)/t27-,28-,35?. The van der Waals surface area contributed by atoms with Gasteiger partial charge in [0.15, 0.2) is 11.5 Å². The number of nitriles is 1. The summed E-state index contributed by atoms with van der Waals surface area (Å²) in [5.41, 5.74) is 1.04. The molecule has 1 saturated carbocycles. The number of hydrogen-bond donors (Lipinski definition) is 2. The number of carbonyl (C=O) groups is 5. The van der Waals surface area contributed by atoms with Gasteiger partial charge < -0.3 is 24.8 Å². The van der Waals surface area contributed by atoms with E-state index in [1.807, 2.05) is 17.0 Å². The molecular formula is C43H45ClFN9O6. The van der Waals surface area contributed by atoms with Crippen molar-refractivity contribution in [2.45, 2.75) is 76.0 Å². The number of carbonyl (C=O) groups excluding carboxylic acids is 5. The molecule has 312 valence electrons. The molecule has 5 fully saturated rings. The largest absolute Gasteiger partial charge is 0.490 e. The highest BCUT2D eigenvalue weighted by Crippen LogP contribution is 2.44. The fourth-order valence-corrected chi connectivity index (χ4v) is 10.1. The van der Waals surface area contributed by atoms with Crippen molar-refractivity contribution in [3.63, 3.8) is 0 Å². The molecule has 0 bridgehead atoms. The minimum absolute atomic E-state index is 0.00984. The fraction of sp³-hybridized carbons (Fsp3) is 0.488. The van der Waals surface area contributed by atoms with E-state index in [-0.39, 0.29) is 58.8 Å². The van der Waals surface area contributed by atoms with E-state index < -0.39 is 35.5 Å². The van der Waals surface area contributed by atoms with Crippen LogP contribution in [0.15, 0.2) is 42.5 Å². The Morgan fingerprint density at radius 2 is 1.67 bits per heavy atom. The minimum Gasteiger partial charge on any atom is -0.490 e. The molecule has 17 heteroatoms. The third-order valence-corrected chi connectivity index (χ3v) is 13.4. The van der Waals surface area contributed by atoms with E-state index in [9.17, 15) is 24.0 Å². The fourth-order valence-electron chi connectivity index (χ4n) is 9.86. The van der Waals surface area contributed by atoms with Crippen LogP contribution in [0.1, 0.15) is 94.6 Å². The molecule has 60 heavy (non-hydrogen) atoms. The van der Waals surface area contributed by atoms with Gasteiger partial charge in [0.25, 0.3) is 17.7 Å². The molecule has 2 aromatic carbocycles. The number of likely N-dealkylation sites (tertiary alicyclic amines) is 1. The van der Waals surface area contributed by atoms with Crippen molar-refractivity contribution in [1.82, 2.24) is 30.6 Å². The Hall–Kier alpha value is -5.66. The van der Waals surface area contributed by atoms with Gasteiger partial charge in [-0.25, -0.2) is 4.39 Å². The van der Waals surface area contributed by atoms with E-state index in [0.29, 0.717) is 35.3 Å². The first-order valence-electron chi connectivity index (χ1n) is 20.7. The number of rotatable bonds is 9. The number of ether oxygens (including phenoxy) is 1. The first-order valence-corrected chi connectivity index (χ1v) is 21.1. The van der Waals surface area contributed by atoms with Crippen molar-refractivity contribution in [3.8, 4) is 11.8 Å². The quantitative estimate of drug-likeness (QED) is 0.295. The van der Waals surface area contributed by atoms with E-state index in [2.05, 4.69) is 30.6 Å². The van der Waals surface area contributed by atoms with Crippen LogP contribution in [0.2, 0.25) is 5.02 Å². The molecule has 9 rings (SSSR count). The van der Waals surface area contributed by atoms with Crippen LogP contribution in [-0.4, -0.2) is 114 Å². The van der Waals surface area contributed by atoms with Crippen LogP contribution in [0.5, 0.6) is 5.75 Å². The molecule has 5 amide bonds. The first kappa shape index (κ1) is 39.8. The summed E-state index contributed by atoms with van der Waals surface area (Å²) in [6.45, 7) is 5.85. The zero-order chi connectivity index (χ0) is 41.7. The summed E-state index contributed by atoms with van der Waals surface area (Å²) in [4.78, 5) is 71.0. The molecule has 3 aromatic rings. The average molecular weight is 838 g/mol. The SMILES string of the molecule is N#Cc1ccc(O[C@H]2CC[C@H](NC(=O)c3ccc(N4CCC(CN5CCC6(C5)CN(c5cc7c(cc5F)C(=O)N(C5CCC(=O)NC5=O)C7=O)C6)CC4)nn3)CC2)cc1Cl. The number of hydrogen-bond acceptors (Lipinski definition) is 12. The number of benzene rings is 2. The maximum absolute atomic E-state index is 15.5. The molecule has 4 saturated heterocycles. The lowest BCUT2D eigenvalue weighted by Gasteiger charge is -2.49. The summed E-state index contributed by atoms with van der Waals surface area (Å²) in [7, 11) is 0. The van der Waals surface area contributed by atoms with Crippen LogP contribution in [0, 0.1) is 28.5 Å². The van der Waals surface area contributed by atoms with Crippen molar-refractivity contribution < 1.29 is 33.1 Å². The van der Waals surface area contributed by atoms with E-state index in [1.54, 1.807) is 24.3 Å². The molecule has 15 nitrogen and oxygen atoms in total. The Kier molecular flexibility index (Phi) is 10.7. The molecular weight excluding hydrogens is 793 g/mol. The highest BCUT2D eigenvalue weighted by molar-refractivity contribution is 6.31. The summed E-state index contributed by atoms with van der Waals surface area (Å²) in [6, 6.07) is 12.2. The Balaban J connectivity index is 0.706. The monoisotopic (exact) mass is 837 g/mol. The second kappa shape index (κ2) is 16.1. The van der Waals surface area contributed by atoms with Gasteiger partial charge in [0.1, 0.15) is 23.7 Å². The van der Waals surface area contributed by atoms with Crippen LogP contribution in [0.3, 0.4) is 0 Å². The second-order valence-corrected chi connectivity index (χ2v) is 17.6. The van der Waals surface area contributed by atoms with Crippen molar-refractivity contribution in [3.05, 3.63) is 75.7 Å². The van der Waals surface area contributed by atoms with Gasteiger partial charge in [-0.05, 0) is 100 Å². The van der Waals surface area contributed by atoms with Gasteiger partial charge in [-0.3, -0.25) is 34.2 Å². The Morgan fingerprint density at radius 3 is 2.35 bits per heavy atom. The lowest BCUT2D eigenvalue weighted by atomic mass is 9.78. The van der Waals surface area contributed by atoms with E-state index in [1.165, 1.54) is 6.07 Å². The normalized spacial score (nSPS) is 24.3. The van der Waals surface area contributed by atoms with Gasteiger partial charge in [-0.15, -0.1) is 10.2 Å². The Morgan fingerprint density at radius 1 is 0.917 bits per heavy atom. The van der Waals surface area contributed by atoms with Crippen molar-refractivity contribution in [2.24, 2.45) is 11.3 Å². The number of amides is 5. The van der Waals surface area contributed by atoms with Gasteiger partial charge >= 0.3 is 0 Å². The smallest absolute Gasteiger partial charge is 0.272 e. The molecule has 1 atom stereocenters. The number of aromatic nitrogens is 2. The van der Waals surface area contributed by atoms with Crippen molar-refractivity contribution >= 4 is 52.6 Å². The number of fused-ring (bicyclic) bond motifs is 1. The van der Waals surface area contributed by atoms with Gasteiger partial charge in [0, 0.05) is 63.2 Å². The molecule has 1 spiro atoms. The number of imide groups is 2. The Bertz CT molecular complexity index is 2280. The summed E-state index contributed by atoms with van der Waals surface area (Å²) in [5.74, 6) is -1.40. The van der Waals surface area contributed by atoms with Crippen LogP contribution in [-0.2, 0) is 9.59 Å². The number of piperidine rings is 2. The lowest BCUT2D eigenvalue weighted by molar-refractivity contribution is -0.136.